The number of benzene rings is 2. The van der Waals surface area contributed by atoms with Crippen molar-refractivity contribution in [3.05, 3.63) is 64.7 Å². The van der Waals surface area contributed by atoms with Crippen molar-refractivity contribution < 1.29 is 8.42 Å². The second kappa shape index (κ2) is 5.86. The van der Waals surface area contributed by atoms with E-state index in [0.29, 0.717) is 18.0 Å². The molecule has 22 heavy (non-hydrogen) atoms. The first-order valence-corrected chi connectivity index (χ1v) is 9.07. The Morgan fingerprint density at radius 3 is 2.05 bits per heavy atom. The topological polar surface area (TPSA) is 37.4 Å². The average molecular weight is 315 g/mol. The Labute approximate surface area is 132 Å². The van der Waals surface area contributed by atoms with Gasteiger partial charge in [-0.1, -0.05) is 36.4 Å². The van der Waals surface area contributed by atoms with Crippen LogP contribution in [-0.4, -0.2) is 25.8 Å². The fraction of sp³-hybridized carbons (Fsp3) is 0.333. The van der Waals surface area contributed by atoms with Crippen molar-refractivity contribution in [1.29, 1.82) is 0 Å². The Morgan fingerprint density at radius 2 is 1.45 bits per heavy atom. The molecule has 0 aromatic heterocycles. The van der Waals surface area contributed by atoms with Gasteiger partial charge in [-0.3, -0.25) is 0 Å². The SMILES string of the molecule is Cc1cccc(S(=O)(=O)N2CCc3ccccc3CC2)c1C. The summed E-state index contributed by atoms with van der Waals surface area (Å²) in [5.41, 5.74) is 4.39. The summed E-state index contributed by atoms with van der Waals surface area (Å²) < 4.78 is 27.6. The third kappa shape index (κ3) is 2.69. The molecule has 0 saturated heterocycles. The zero-order valence-corrected chi connectivity index (χ0v) is 13.9. The molecule has 1 aliphatic rings. The molecule has 2 aromatic rings. The van der Waals surface area contributed by atoms with Gasteiger partial charge < -0.3 is 0 Å². The van der Waals surface area contributed by atoms with E-state index in [4.69, 9.17) is 0 Å². The summed E-state index contributed by atoms with van der Waals surface area (Å²) in [4.78, 5) is 0.443. The van der Waals surface area contributed by atoms with Crippen LogP contribution in [0.3, 0.4) is 0 Å². The maximum atomic E-state index is 13.0. The summed E-state index contributed by atoms with van der Waals surface area (Å²) in [5, 5.41) is 0. The average Bonchev–Trinajstić information content (AvgIpc) is 2.73. The van der Waals surface area contributed by atoms with Gasteiger partial charge >= 0.3 is 0 Å². The Kier molecular flexibility index (Phi) is 4.06. The van der Waals surface area contributed by atoms with Crippen LogP contribution in [0.2, 0.25) is 0 Å². The molecular weight excluding hydrogens is 294 g/mol. The van der Waals surface area contributed by atoms with E-state index in [-0.39, 0.29) is 0 Å². The number of nitrogens with zero attached hydrogens (tertiary/aromatic N) is 1. The minimum Gasteiger partial charge on any atom is -0.207 e. The number of hydrogen-bond acceptors (Lipinski definition) is 2. The van der Waals surface area contributed by atoms with Gasteiger partial charge in [0.25, 0.3) is 0 Å². The van der Waals surface area contributed by atoms with Crippen LogP contribution in [0.25, 0.3) is 0 Å². The van der Waals surface area contributed by atoms with Crippen molar-refractivity contribution in [2.24, 2.45) is 0 Å². The van der Waals surface area contributed by atoms with Crippen molar-refractivity contribution in [3.63, 3.8) is 0 Å². The van der Waals surface area contributed by atoms with Crippen LogP contribution in [0.1, 0.15) is 22.3 Å². The number of fused-ring (bicyclic) bond motifs is 1. The predicted octanol–water partition coefficient (Wildman–Crippen LogP) is 3.09. The van der Waals surface area contributed by atoms with Crippen LogP contribution in [-0.2, 0) is 22.9 Å². The molecule has 0 aliphatic carbocycles. The van der Waals surface area contributed by atoms with E-state index in [1.165, 1.54) is 11.1 Å². The van der Waals surface area contributed by atoms with Gasteiger partial charge in [0, 0.05) is 13.1 Å². The smallest absolute Gasteiger partial charge is 0.207 e. The van der Waals surface area contributed by atoms with E-state index < -0.39 is 10.0 Å². The van der Waals surface area contributed by atoms with E-state index in [1.807, 2.05) is 38.1 Å². The van der Waals surface area contributed by atoms with Gasteiger partial charge in [0.15, 0.2) is 0 Å². The minimum atomic E-state index is -3.42. The lowest BCUT2D eigenvalue weighted by Crippen LogP contribution is -2.33. The third-order valence-corrected chi connectivity index (χ3v) is 6.60. The molecule has 4 heteroatoms. The van der Waals surface area contributed by atoms with E-state index in [0.717, 1.165) is 24.0 Å². The van der Waals surface area contributed by atoms with Crippen LogP contribution >= 0.6 is 0 Å². The first kappa shape index (κ1) is 15.3. The van der Waals surface area contributed by atoms with Gasteiger partial charge in [-0.2, -0.15) is 4.31 Å². The summed E-state index contributed by atoms with van der Waals surface area (Å²) in [6.45, 7) is 4.93. The molecule has 0 fully saturated rings. The van der Waals surface area contributed by atoms with Gasteiger partial charge in [-0.15, -0.1) is 0 Å². The van der Waals surface area contributed by atoms with E-state index >= 15 is 0 Å². The normalized spacial score (nSPS) is 16.1. The molecule has 0 N–H and O–H groups in total. The highest BCUT2D eigenvalue weighted by Gasteiger charge is 2.27. The second-order valence-corrected chi connectivity index (χ2v) is 7.78. The van der Waals surface area contributed by atoms with Crippen molar-refractivity contribution in [2.75, 3.05) is 13.1 Å². The number of sulfonamides is 1. The molecule has 2 aromatic carbocycles. The largest absolute Gasteiger partial charge is 0.243 e. The zero-order valence-electron chi connectivity index (χ0n) is 13.0. The standard InChI is InChI=1S/C18H21NO2S/c1-14-6-5-9-18(15(14)2)22(20,21)19-12-10-16-7-3-4-8-17(16)11-13-19/h3-9H,10-13H2,1-2H3. The fourth-order valence-corrected chi connectivity index (χ4v) is 4.77. The zero-order chi connectivity index (χ0) is 15.7. The highest BCUT2D eigenvalue weighted by Crippen LogP contribution is 2.25. The first-order chi connectivity index (χ1) is 10.5. The lowest BCUT2D eigenvalue weighted by Gasteiger charge is -2.21. The minimum absolute atomic E-state index is 0.443. The summed E-state index contributed by atoms with van der Waals surface area (Å²) in [7, 11) is -3.42. The van der Waals surface area contributed by atoms with Crippen LogP contribution in [0.15, 0.2) is 47.4 Å². The molecule has 3 nitrogen and oxygen atoms in total. The molecule has 0 unspecified atom stereocenters. The van der Waals surface area contributed by atoms with Crippen LogP contribution in [0, 0.1) is 13.8 Å². The molecular formula is C18H21NO2S. The molecule has 0 spiro atoms. The second-order valence-electron chi connectivity index (χ2n) is 5.87. The highest BCUT2D eigenvalue weighted by molar-refractivity contribution is 7.89. The van der Waals surface area contributed by atoms with Crippen LogP contribution in [0.4, 0.5) is 0 Å². The Hall–Kier alpha value is -1.65. The van der Waals surface area contributed by atoms with Gasteiger partial charge in [-0.25, -0.2) is 8.42 Å². The van der Waals surface area contributed by atoms with Crippen molar-refractivity contribution in [1.82, 2.24) is 4.31 Å². The molecule has 0 saturated carbocycles. The Bertz CT molecular complexity index is 769. The maximum absolute atomic E-state index is 13.0. The summed E-state index contributed by atoms with van der Waals surface area (Å²) in [6, 6.07) is 13.7. The molecule has 0 bridgehead atoms. The van der Waals surface area contributed by atoms with Crippen LogP contribution < -0.4 is 0 Å². The van der Waals surface area contributed by atoms with Crippen molar-refractivity contribution in [3.8, 4) is 0 Å². The lowest BCUT2D eigenvalue weighted by molar-refractivity contribution is 0.426. The van der Waals surface area contributed by atoms with Gasteiger partial charge in [0.1, 0.15) is 0 Å². The lowest BCUT2D eigenvalue weighted by atomic mass is 10.0. The Morgan fingerprint density at radius 1 is 0.864 bits per heavy atom. The quantitative estimate of drug-likeness (QED) is 0.854. The summed E-state index contributed by atoms with van der Waals surface area (Å²) in [6.07, 6.45) is 1.56. The third-order valence-electron chi connectivity index (χ3n) is 4.55. The number of hydrogen-bond donors (Lipinski definition) is 0. The fourth-order valence-electron chi connectivity index (χ4n) is 3.03. The highest BCUT2D eigenvalue weighted by atomic mass is 32.2. The first-order valence-electron chi connectivity index (χ1n) is 7.63. The summed E-state index contributed by atoms with van der Waals surface area (Å²) >= 11 is 0. The Balaban J connectivity index is 1.93. The predicted molar refractivity (Wildman–Crippen MR) is 88.5 cm³/mol. The van der Waals surface area contributed by atoms with E-state index in [1.54, 1.807) is 10.4 Å². The van der Waals surface area contributed by atoms with Crippen molar-refractivity contribution >= 4 is 10.0 Å². The van der Waals surface area contributed by atoms with Gasteiger partial charge in [-0.05, 0) is 55.0 Å². The van der Waals surface area contributed by atoms with Crippen molar-refractivity contribution in [2.45, 2.75) is 31.6 Å². The molecule has 0 amide bonds. The molecule has 1 heterocycles. The van der Waals surface area contributed by atoms with Gasteiger partial charge in [0.05, 0.1) is 4.90 Å². The maximum Gasteiger partial charge on any atom is 0.243 e. The molecule has 3 rings (SSSR count). The van der Waals surface area contributed by atoms with E-state index in [2.05, 4.69) is 12.1 Å². The molecule has 0 radical (unpaired) electrons. The molecule has 0 atom stereocenters. The van der Waals surface area contributed by atoms with Gasteiger partial charge in [0.2, 0.25) is 10.0 Å². The molecule has 1 aliphatic heterocycles. The monoisotopic (exact) mass is 315 g/mol. The van der Waals surface area contributed by atoms with Crippen LogP contribution in [0.5, 0.6) is 0 Å². The number of aryl methyl sites for hydroxylation is 1. The number of rotatable bonds is 2. The van der Waals surface area contributed by atoms with E-state index in [9.17, 15) is 8.42 Å². The molecule has 116 valence electrons. The summed E-state index contributed by atoms with van der Waals surface area (Å²) in [5.74, 6) is 0.